The lowest BCUT2D eigenvalue weighted by Gasteiger charge is -2.47. The van der Waals surface area contributed by atoms with Crippen molar-refractivity contribution in [2.75, 3.05) is 31.1 Å². The number of pyridine rings is 1. The van der Waals surface area contributed by atoms with Crippen molar-refractivity contribution in [3.05, 3.63) is 108 Å². The van der Waals surface area contributed by atoms with E-state index in [0.29, 0.717) is 44.4 Å². The Hall–Kier alpha value is -4.66. The minimum absolute atomic E-state index is 0.0904. The molecular weight excluding hydrogens is 636 g/mol. The first-order valence-electron chi connectivity index (χ1n) is 17.6. The second-order valence-corrected chi connectivity index (χ2v) is 13.8. The van der Waals surface area contributed by atoms with Crippen LogP contribution in [0, 0.1) is 17.0 Å². The van der Waals surface area contributed by atoms with E-state index in [2.05, 4.69) is 4.98 Å². The summed E-state index contributed by atoms with van der Waals surface area (Å²) in [5, 5.41) is 0. The number of benzene rings is 3. The summed E-state index contributed by atoms with van der Waals surface area (Å²) in [6.45, 7) is 12.8. The van der Waals surface area contributed by atoms with E-state index >= 15 is 8.78 Å². The summed E-state index contributed by atoms with van der Waals surface area (Å²) in [5.74, 6) is -0.976. The van der Waals surface area contributed by atoms with Crippen molar-refractivity contribution in [1.82, 2.24) is 9.88 Å². The molecule has 6 rings (SSSR count). The van der Waals surface area contributed by atoms with Crippen molar-refractivity contribution in [2.45, 2.75) is 79.1 Å². The normalized spacial score (nSPS) is 15.6. The Morgan fingerprint density at radius 1 is 0.760 bits per heavy atom. The van der Waals surface area contributed by atoms with Crippen molar-refractivity contribution >= 4 is 11.8 Å². The molecule has 0 bridgehead atoms. The van der Waals surface area contributed by atoms with Gasteiger partial charge in [-0.2, -0.15) is 4.98 Å². The fourth-order valence-corrected chi connectivity index (χ4v) is 6.49. The molecule has 0 radical (unpaired) electrons. The van der Waals surface area contributed by atoms with Crippen LogP contribution in [0.2, 0.25) is 0 Å². The minimum atomic E-state index is -0.680. The molecule has 3 heterocycles. The Morgan fingerprint density at radius 2 is 1.28 bits per heavy atom. The molecule has 1 amide bonds. The van der Waals surface area contributed by atoms with Crippen LogP contribution in [0.4, 0.5) is 19.3 Å². The topological polar surface area (TPSA) is 64.1 Å². The second-order valence-electron chi connectivity index (χ2n) is 13.8. The first kappa shape index (κ1) is 36.6. The van der Waals surface area contributed by atoms with Gasteiger partial charge in [-0.15, -0.1) is 0 Å². The van der Waals surface area contributed by atoms with E-state index in [9.17, 15) is 4.79 Å². The first-order chi connectivity index (χ1) is 24.1. The van der Waals surface area contributed by atoms with Gasteiger partial charge >= 0.3 is 6.09 Å². The summed E-state index contributed by atoms with van der Waals surface area (Å²) in [4.78, 5) is 20.9. The zero-order valence-electron chi connectivity index (χ0n) is 29.9. The average molecular weight is 686 g/mol. The second kappa shape index (κ2) is 16.4. The SMILES string of the molecule is CC.CC(C)(C)OC(=O)N1CCC2(CC1)CCN(c1cc(F)c(-c3ccc(OCc4ccccc4)nc3OCc3ccccc3)c(F)c1)CC2. The van der Waals surface area contributed by atoms with Gasteiger partial charge in [0.25, 0.3) is 0 Å². The molecule has 4 aromatic rings. The van der Waals surface area contributed by atoms with Crippen molar-refractivity contribution in [3.63, 3.8) is 0 Å². The van der Waals surface area contributed by atoms with Gasteiger partial charge in [-0.25, -0.2) is 13.6 Å². The van der Waals surface area contributed by atoms with Crippen LogP contribution in [-0.4, -0.2) is 47.8 Å². The molecule has 3 aromatic carbocycles. The van der Waals surface area contributed by atoms with E-state index in [0.717, 1.165) is 36.8 Å². The highest BCUT2D eigenvalue weighted by molar-refractivity contribution is 5.72. The fourth-order valence-electron chi connectivity index (χ4n) is 6.49. The maximum absolute atomic E-state index is 15.9. The summed E-state index contributed by atoms with van der Waals surface area (Å²) in [5.41, 5.74) is 2.00. The number of nitrogens with zero attached hydrogens (tertiary/aromatic N) is 3. The van der Waals surface area contributed by atoms with Gasteiger partial charge in [0.2, 0.25) is 11.8 Å². The lowest BCUT2D eigenvalue weighted by Crippen LogP contribution is -2.49. The standard InChI is InChI=1S/C39H43F2N3O4.C2H6/c1-38(2,3)48-37(45)44-22-18-39(19-23-44)16-20-43(21-17-39)30-24-32(40)35(33(41)25-30)31-14-15-34(46-26-28-10-6-4-7-11-28)42-36(31)47-27-29-12-8-5-9-13-29;1-2/h4-15,24-25H,16-23,26-27H2,1-3H3;1-2H3. The third-order valence-corrected chi connectivity index (χ3v) is 9.24. The van der Waals surface area contributed by atoms with Gasteiger partial charge in [-0.3, -0.25) is 0 Å². The predicted octanol–water partition coefficient (Wildman–Crippen LogP) is 9.83. The third-order valence-electron chi connectivity index (χ3n) is 9.24. The number of likely N-dealkylation sites (tertiary alicyclic amines) is 1. The number of ether oxygens (including phenoxy) is 3. The first-order valence-corrected chi connectivity index (χ1v) is 17.6. The highest BCUT2D eigenvalue weighted by Gasteiger charge is 2.39. The lowest BCUT2D eigenvalue weighted by atomic mass is 9.71. The maximum Gasteiger partial charge on any atom is 0.410 e. The minimum Gasteiger partial charge on any atom is -0.473 e. The molecule has 50 heavy (non-hydrogen) atoms. The Kier molecular flexibility index (Phi) is 12.0. The van der Waals surface area contributed by atoms with Crippen LogP contribution in [0.3, 0.4) is 0 Å². The number of hydrogen-bond donors (Lipinski definition) is 0. The summed E-state index contributed by atoms with van der Waals surface area (Å²) in [6, 6.07) is 25.3. The van der Waals surface area contributed by atoms with Gasteiger partial charge < -0.3 is 24.0 Å². The van der Waals surface area contributed by atoms with Gasteiger partial charge in [0.1, 0.15) is 30.4 Å². The fraction of sp³-hybridized carbons (Fsp3) is 0.415. The maximum atomic E-state index is 15.9. The van der Waals surface area contributed by atoms with E-state index < -0.39 is 17.2 Å². The smallest absolute Gasteiger partial charge is 0.410 e. The molecule has 2 aliphatic rings. The number of piperidine rings is 2. The molecule has 2 saturated heterocycles. The zero-order chi connectivity index (χ0) is 35.7. The molecule has 0 unspecified atom stereocenters. The Bertz CT molecular complexity index is 1670. The summed E-state index contributed by atoms with van der Waals surface area (Å²) < 4.78 is 49.4. The van der Waals surface area contributed by atoms with E-state index in [1.807, 2.05) is 100 Å². The van der Waals surface area contributed by atoms with Gasteiger partial charge in [0.15, 0.2) is 0 Å². The number of anilines is 1. The molecule has 0 N–H and O–H groups in total. The number of carbonyl (C=O) groups excluding carboxylic acids is 1. The summed E-state index contributed by atoms with van der Waals surface area (Å²) in [7, 11) is 0. The highest BCUT2D eigenvalue weighted by Crippen LogP contribution is 2.43. The Labute approximate surface area is 295 Å². The van der Waals surface area contributed by atoms with Crippen LogP contribution >= 0.6 is 0 Å². The number of hydrogen-bond acceptors (Lipinski definition) is 6. The van der Waals surface area contributed by atoms with Crippen molar-refractivity contribution in [3.8, 4) is 22.9 Å². The quantitative estimate of drug-likeness (QED) is 0.184. The van der Waals surface area contributed by atoms with Gasteiger partial charge in [0.05, 0.1) is 11.1 Å². The molecule has 2 fully saturated rings. The van der Waals surface area contributed by atoms with Gasteiger partial charge in [-0.1, -0.05) is 74.5 Å². The predicted molar refractivity (Wildman–Crippen MR) is 193 cm³/mol. The third kappa shape index (κ3) is 9.31. The van der Waals surface area contributed by atoms with Crippen LogP contribution in [0.5, 0.6) is 11.8 Å². The van der Waals surface area contributed by atoms with Crippen LogP contribution in [0.15, 0.2) is 84.9 Å². The number of aromatic nitrogens is 1. The van der Waals surface area contributed by atoms with Crippen molar-refractivity contribution in [1.29, 1.82) is 0 Å². The van der Waals surface area contributed by atoms with Crippen molar-refractivity contribution in [2.24, 2.45) is 5.41 Å². The molecule has 0 atom stereocenters. The summed E-state index contributed by atoms with van der Waals surface area (Å²) in [6.07, 6.45) is 3.31. The van der Waals surface area contributed by atoms with Crippen LogP contribution in [-0.2, 0) is 18.0 Å². The molecule has 1 aromatic heterocycles. The average Bonchev–Trinajstić information content (AvgIpc) is 3.12. The van der Waals surface area contributed by atoms with E-state index in [1.165, 1.54) is 12.1 Å². The Balaban J connectivity index is 0.00000239. The van der Waals surface area contributed by atoms with Gasteiger partial charge in [-0.05, 0) is 81.2 Å². The highest BCUT2D eigenvalue weighted by atomic mass is 19.1. The molecule has 0 saturated carbocycles. The number of halogens is 2. The van der Waals surface area contributed by atoms with E-state index in [-0.39, 0.29) is 35.1 Å². The van der Waals surface area contributed by atoms with Crippen LogP contribution in [0.25, 0.3) is 11.1 Å². The largest absolute Gasteiger partial charge is 0.473 e. The molecule has 7 nitrogen and oxygen atoms in total. The molecule has 0 aliphatic carbocycles. The lowest BCUT2D eigenvalue weighted by molar-refractivity contribution is 0.00665. The number of rotatable bonds is 8. The summed E-state index contributed by atoms with van der Waals surface area (Å²) >= 11 is 0. The molecular formula is C41H49F2N3O4. The van der Waals surface area contributed by atoms with E-state index in [1.54, 1.807) is 17.0 Å². The Morgan fingerprint density at radius 3 is 1.82 bits per heavy atom. The zero-order valence-corrected chi connectivity index (χ0v) is 29.9. The number of carbonyl (C=O) groups is 1. The number of amides is 1. The molecule has 2 aliphatic heterocycles. The molecule has 1 spiro atoms. The molecule has 9 heteroatoms. The monoisotopic (exact) mass is 685 g/mol. The van der Waals surface area contributed by atoms with Crippen LogP contribution in [0.1, 0.15) is 71.4 Å². The molecule has 266 valence electrons. The van der Waals surface area contributed by atoms with E-state index in [4.69, 9.17) is 14.2 Å². The van der Waals surface area contributed by atoms with Crippen molar-refractivity contribution < 1.29 is 27.8 Å². The van der Waals surface area contributed by atoms with Gasteiger partial charge in [0, 0.05) is 37.9 Å². The van der Waals surface area contributed by atoms with Crippen LogP contribution < -0.4 is 14.4 Å².